The van der Waals surface area contributed by atoms with Crippen LogP contribution in [-0.4, -0.2) is 24.9 Å². The number of carbonyl (C=O) groups excluding carboxylic acids is 2. The van der Waals surface area contributed by atoms with E-state index < -0.39 is 0 Å². The molecule has 0 bridgehead atoms. The van der Waals surface area contributed by atoms with Gasteiger partial charge >= 0.3 is 0 Å². The van der Waals surface area contributed by atoms with Crippen LogP contribution in [0.15, 0.2) is 42.5 Å². The summed E-state index contributed by atoms with van der Waals surface area (Å²) in [6.45, 7) is 3.46. The van der Waals surface area contributed by atoms with Crippen molar-refractivity contribution in [2.45, 2.75) is 51.9 Å². The lowest BCUT2D eigenvalue weighted by atomic mass is 9.89. The predicted molar refractivity (Wildman–Crippen MR) is 117 cm³/mol. The van der Waals surface area contributed by atoms with Crippen molar-refractivity contribution in [1.82, 2.24) is 5.32 Å². The van der Waals surface area contributed by atoms with Crippen LogP contribution in [-0.2, 0) is 11.2 Å². The van der Waals surface area contributed by atoms with Gasteiger partial charge in [-0.05, 0) is 66.1 Å². The second kappa shape index (κ2) is 8.81. The fraction of sp³-hybridized carbons (Fsp3) is 0.440. The van der Waals surface area contributed by atoms with E-state index in [1.54, 1.807) is 0 Å². The molecule has 0 radical (unpaired) electrons. The molecule has 2 aromatic carbocycles. The molecule has 2 amide bonds. The zero-order valence-electron chi connectivity index (χ0n) is 17.2. The highest BCUT2D eigenvalue weighted by atomic mass is 16.2. The first-order chi connectivity index (χ1) is 14.2. The molecule has 4 rings (SSSR count). The number of amides is 2. The molecule has 2 aromatic rings. The molecule has 1 aliphatic carbocycles. The summed E-state index contributed by atoms with van der Waals surface area (Å²) in [7, 11) is 0. The van der Waals surface area contributed by atoms with Gasteiger partial charge in [-0.2, -0.15) is 0 Å². The molecule has 1 saturated carbocycles. The van der Waals surface area contributed by atoms with Gasteiger partial charge in [0.2, 0.25) is 5.91 Å². The summed E-state index contributed by atoms with van der Waals surface area (Å²) in [6, 6.07) is 14.1. The monoisotopic (exact) mass is 390 g/mol. The van der Waals surface area contributed by atoms with Crippen molar-refractivity contribution >= 4 is 17.5 Å². The molecule has 0 atom stereocenters. The van der Waals surface area contributed by atoms with E-state index in [1.165, 1.54) is 37.7 Å². The van der Waals surface area contributed by atoms with Crippen molar-refractivity contribution in [3.63, 3.8) is 0 Å². The fourth-order valence-corrected chi connectivity index (χ4v) is 4.58. The van der Waals surface area contributed by atoms with Gasteiger partial charge in [0.15, 0.2) is 0 Å². The Morgan fingerprint density at radius 2 is 1.72 bits per heavy atom. The molecule has 0 aromatic heterocycles. The Hall–Kier alpha value is -2.62. The molecule has 152 valence electrons. The zero-order valence-corrected chi connectivity index (χ0v) is 17.2. The largest absolute Gasteiger partial charge is 0.352 e. The number of carbonyl (C=O) groups is 2. The van der Waals surface area contributed by atoms with Crippen LogP contribution in [0, 0.1) is 5.92 Å². The van der Waals surface area contributed by atoms with Crippen LogP contribution >= 0.6 is 0 Å². The molecule has 2 aliphatic rings. The fourth-order valence-electron chi connectivity index (χ4n) is 4.58. The Bertz CT molecular complexity index is 882. The van der Waals surface area contributed by atoms with Gasteiger partial charge in [0.25, 0.3) is 5.91 Å². The van der Waals surface area contributed by atoms with Gasteiger partial charge in [-0.1, -0.05) is 44.4 Å². The molecule has 0 saturated heterocycles. The summed E-state index contributed by atoms with van der Waals surface area (Å²) >= 11 is 0. The second-order valence-electron chi connectivity index (χ2n) is 8.28. The van der Waals surface area contributed by atoms with E-state index in [-0.39, 0.29) is 11.8 Å². The van der Waals surface area contributed by atoms with Crippen LogP contribution in [0.1, 0.15) is 61.4 Å². The van der Waals surface area contributed by atoms with Crippen LogP contribution in [0.25, 0.3) is 11.1 Å². The maximum atomic E-state index is 12.5. The number of hydrogen-bond donors (Lipinski definition) is 1. The molecule has 1 N–H and O–H groups in total. The Morgan fingerprint density at radius 1 is 1.00 bits per heavy atom. The van der Waals surface area contributed by atoms with Crippen molar-refractivity contribution in [2.24, 2.45) is 5.92 Å². The molecule has 0 spiro atoms. The van der Waals surface area contributed by atoms with Gasteiger partial charge in [-0.3, -0.25) is 9.59 Å². The molecule has 4 nitrogen and oxygen atoms in total. The van der Waals surface area contributed by atoms with Gasteiger partial charge in [-0.15, -0.1) is 0 Å². The molecule has 0 unspecified atom stereocenters. The van der Waals surface area contributed by atoms with Crippen molar-refractivity contribution in [1.29, 1.82) is 0 Å². The summed E-state index contributed by atoms with van der Waals surface area (Å²) in [5, 5.41) is 3.11. The highest BCUT2D eigenvalue weighted by molar-refractivity contribution is 5.96. The standard InChI is InChI=1S/C25H30N2O2/c1-2-24(28)27-15-14-22-16-21(12-13-23(22)27)19-8-10-20(11-9-19)25(29)26-17-18-6-4-3-5-7-18/h8-13,16,18H,2-7,14-15,17H2,1H3,(H,26,29). The molecule has 1 aliphatic heterocycles. The van der Waals surface area contributed by atoms with Crippen LogP contribution < -0.4 is 10.2 Å². The minimum Gasteiger partial charge on any atom is -0.352 e. The highest BCUT2D eigenvalue weighted by Crippen LogP contribution is 2.33. The third kappa shape index (κ3) is 4.36. The highest BCUT2D eigenvalue weighted by Gasteiger charge is 2.23. The van der Waals surface area contributed by atoms with E-state index in [0.29, 0.717) is 17.9 Å². The lowest BCUT2D eigenvalue weighted by Gasteiger charge is -2.21. The quantitative estimate of drug-likeness (QED) is 0.784. The number of fused-ring (bicyclic) bond motifs is 1. The third-order valence-corrected chi connectivity index (χ3v) is 6.34. The van der Waals surface area contributed by atoms with E-state index in [2.05, 4.69) is 23.5 Å². The number of benzene rings is 2. The summed E-state index contributed by atoms with van der Waals surface area (Å²) in [6.07, 6.45) is 7.82. The maximum Gasteiger partial charge on any atom is 0.251 e. The smallest absolute Gasteiger partial charge is 0.251 e. The molecule has 4 heteroatoms. The Morgan fingerprint density at radius 3 is 2.45 bits per heavy atom. The second-order valence-corrected chi connectivity index (χ2v) is 8.28. The van der Waals surface area contributed by atoms with E-state index >= 15 is 0 Å². The molecular weight excluding hydrogens is 360 g/mol. The average molecular weight is 391 g/mol. The van der Waals surface area contributed by atoms with Crippen LogP contribution in [0.2, 0.25) is 0 Å². The SMILES string of the molecule is CCC(=O)N1CCc2cc(-c3ccc(C(=O)NCC4CCCCC4)cc3)ccc21. The van der Waals surface area contributed by atoms with Gasteiger partial charge in [0, 0.05) is 30.8 Å². The third-order valence-electron chi connectivity index (χ3n) is 6.34. The van der Waals surface area contributed by atoms with Crippen molar-refractivity contribution in [3.05, 3.63) is 53.6 Å². The van der Waals surface area contributed by atoms with Gasteiger partial charge in [-0.25, -0.2) is 0 Å². The Balaban J connectivity index is 1.41. The first-order valence-corrected chi connectivity index (χ1v) is 11.0. The molecule has 29 heavy (non-hydrogen) atoms. The average Bonchev–Trinajstić information content (AvgIpc) is 3.21. The van der Waals surface area contributed by atoms with E-state index in [1.807, 2.05) is 36.1 Å². The zero-order chi connectivity index (χ0) is 20.2. The lowest BCUT2D eigenvalue weighted by molar-refractivity contribution is -0.118. The first kappa shape index (κ1) is 19.7. The van der Waals surface area contributed by atoms with E-state index in [0.717, 1.165) is 36.3 Å². The first-order valence-electron chi connectivity index (χ1n) is 11.0. The number of hydrogen-bond acceptors (Lipinski definition) is 2. The minimum atomic E-state index is 0.0183. The molecular formula is C25H30N2O2. The van der Waals surface area contributed by atoms with Crippen LogP contribution in [0.4, 0.5) is 5.69 Å². The Kier molecular flexibility index (Phi) is 5.98. The van der Waals surface area contributed by atoms with Gasteiger partial charge in [0.1, 0.15) is 0 Å². The lowest BCUT2D eigenvalue weighted by Crippen LogP contribution is -2.30. The topological polar surface area (TPSA) is 49.4 Å². The minimum absolute atomic E-state index is 0.0183. The maximum absolute atomic E-state index is 12.5. The summed E-state index contributed by atoms with van der Waals surface area (Å²) in [5.41, 5.74) is 5.20. The van der Waals surface area contributed by atoms with Crippen molar-refractivity contribution < 1.29 is 9.59 Å². The van der Waals surface area contributed by atoms with Crippen LogP contribution in [0.3, 0.4) is 0 Å². The van der Waals surface area contributed by atoms with Crippen molar-refractivity contribution in [3.8, 4) is 11.1 Å². The van der Waals surface area contributed by atoms with E-state index in [4.69, 9.17) is 0 Å². The van der Waals surface area contributed by atoms with Gasteiger partial charge in [0.05, 0.1) is 0 Å². The number of anilines is 1. The van der Waals surface area contributed by atoms with Gasteiger partial charge < -0.3 is 10.2 Å². The number of rotatable bonds is 5. The molecule has 1 fully saturated rings. The van der Waals surface area contributed by atoms with E-state index in [9.17, 15) is 9.59 Å². The number of nitrogens with zero attached hydrogens (tertiary/aromatic N) is 1. The summed E-state index contributed by atoms with van der Waals surface area (Å²) < 4.78 is 0. The number of nitrogens with one attached hydrogen (secondary N) is 1. The van der Waals surface area contributed by atoms with Crippen LogP contribution in [0.5, 0.6) is 0 Å². The Labute approximate surface area is 173 Å². The normalized spacial score (nSPS) is 16.5. The summed E-state index contributed by atoms with van der Waals surface area (Å²) in [4.78, 5) is 26.4. The predicted octanol–water partition coefficient (Wildman–Crippen LogP) is 4.96. The molecule has 1 heterocycles. The van der Waals surface area contributed by atoms with Crippen molar-refractivity contribution in [2.75, 3.05) is 18.0 Å². The summed E-state index contributed by atoms with van der Waals surface area (Å²) in [5.74, 6) is 0.836.